The van der Waals surface area contributed by atoms with Gasteiger partial charge in [0.25, 0.3) is 0 Å². The first-order valence-corrected chi connectivity index (χ1v) is 7.28. The van der Waals surface area contributed by atoms with Crippen LogP contribution in [0.15, 0.2) is 15.9 Å². The second-order valence-electron chi connectivity index (χ2n) is 4.29. The van der Waals surface area contributed by atoms with Gasteiger partial charge in [0.1, 0.15) is 0 Å². The molecular formula is C12H15BrN2S. The summed E-state index contributed by atoms with van der Waals surface area (Å²) in [5.41, 5.74) is 0. The van der Waals surface area contributed by atoms with E-state index in [0.29, 0.717) is 12.1 Å². The third kappa shape index (κ3) is 2.48. The van der Waals surface area contributed by atoms with Crippen LogP contribution in [0.2, 0.25) is 0 Å². The van der Waals surface area contributed by atoms with Crippen molar-refractivity contribution in [2.24, 2.45) is 5.92 Å². The maximum Gasteiger partial charge on any atom is 0.0672 e. The SMILES string of the molecule is CC(NC1CCCC1C#N)c1sccc1Br. The molecule has 3 atom stereocenters. The van der Waals surface area contributed by atoms with E-state index in [2.05, 4.69) is 45.7 Å². The van der Waals surface area contributed by atoms with E-state index in [4.69, 9.17) is 5.26 Å². The number of hydrogen-bond acceptors (Lipinski definition) is 3. The Bertz CT molecular complexity index is 396. The first-order valence-electron chi connectivity index (χ1n) is 5.61. The van der Waals surface area contributed by atoms with E-state index in [9.17, 15) is 0 Å². The quantitative estimate of drug-likeness (QED) is 0.920. The maximum absolute atomic E-state index is 9.04. The van der Waals surface area contributed by atoms with Gasteiger partial charge in [0, 0.05) is 21.4 Å². The molecule has 1 aromatic rings. The van der Waals surface area contributed by atoms with E-state index in [1.165, 1.54) is 15.8 Å². The molecule has 1 saturated carbocycles. The van der Waals surface area contributed by atoms with Crippen molar-refractivity contribution >= 4 is 27.3 Å². The third-order valence-corrected chi connectivity index (χ3v) is 5.24. The van der Waals surface area contributed by atoms with Gasteiger partial charge < -0.3 is 5.32 Å². The molecule has 0 spiro atoms. The highest BCUT2D eigenvalue weighted by Gasteiger charge is 2.28. The maximum atomic E-state index is 9.04. The highest BCUT2D eigenvalue weighted by Crippen LogP contribution is 2.32. The summed E-state index contributed by atoms with van der Waals surface area (Å²) in [6.45, 7) is 2.17. The average Bonchev–Trinajstić information content (AvgIpc) is 2.86. The van der Waals surface area contributed by atoms with Crippen LogP contribution in [0.5, 0.6) is 0 Å². The Hall–Kier alpha value is -0.370. The van der Waals surface area contributed by atoms with Crippen LogP contribution < -0.4 is 5.32 Å². The van der Waals surface area contributed by atoms with Crippen molar-refractivity contribution in [3.8, 4) is 6.07 Å². The van der Waals surface area contributed by atoms with E-state index in [1.54, 1.807) is 11.3 Å². The summed E-state index contributed by atoms with van der Waals surface area (Å²) in [5, 5.41) is 14.7. The molecule has 1 aromatic heterocycles. The van der Waals surface area contributed by atoms with E-state index in [0.717, 1.165) is 12.8 Å². The van der Waals surface area contributed by atoms with Crippen LogP contribution in [0.25, 0.3) is 0 Å². The van der Waals surface area contributed by atoms with Crippen molar-refractivity contribution in [3.05, 3.63) is 20.8 Å². The lowest BCUT2D eigenvalue weighted by Crippen LogP contribution is -2.33. The minimum atomic E-state index is 0.196. The number of rotatable bonds is 3. The number of hydrogen-bond donors (Lipinski definition) is 1. The van der Waals surface area contributed by atoms with Gasteiger partial charge in [-0.2, -0.15) is 5.26 Å². The normalized spacial score (nSPS) is 26.6. The van der Waals surface area contributed by atoms with Crippen LogP contribution >= 0.6 is 27.3 Å². The molecule has 0 aromatic carbocycles. The summed E-state index contributed by atoms with van der Waals surface area (Å²) in [6, 6.07) is 5.18. The third-order valence-electron chi connectivity index (χ3n) is 3.18. The zero-order valence-electron chi connectivity index (χ0n) is 9.24. The van der Waals surface area contributed by atoms with E-state index >= 15 is 0 Å². The van der Waals surface area contributed by atoms with Crippen LogP contribution in [-0.2, 0) is 0 Å². The van der Waals surface area contributed by atoms with Gasteiger partial charge in [-0.05, 0) is 47.1 Å². The van der Waals surface area contributed by atoms with Crippen molar-refractivity contribution in [1.29, 1.82) is 5.26 Å². The lowest BCUT2D eigenvalue weighted by Gasteiger charge is -2.21. The number of halogens is 1. The molecule has 0 radical (unpaired) electrons. The number of nitrogens with zero attached hydrogens (tertiary/aromatic N) is 1. The Morgan fingerprint density at radius 3 is 3.06 bits per heavy atom. The van der Waals surface area contributed by atoms with Gasteiger partial charge in [-0.1, -0.05) is 6.42 Å². The summed E-state index contributed by atoms with van der Waals surface area (Å²) >= 11 is 5.31. The van der Waals surface area contributed by atoms with Crippen molar-refractivity contribution in [1.82, 2.24) is 5.32 Å². The van der Waals surface area contributed by atoms with Gasteiger partial charge in [0.15, 0.2) is 0 Å². The van der Waals surface area contributed by atoms with Crippen LogP contribution in [0.1, 0.15) is 37.1 Å². The number of nitriles is 1. The van der Waals surface area contributed by atoms with Gasteiger partial charge in [-0.3, -0.25) is 0 Å². The molecule has 0 amide bonds. The van der Waals surface area contributed by atoms with Crippen LogP contribution in [0, 0.1) is 17.2 Å². The second kappa shape index (κ2) is 5.31. The van der Waals surface area contributed by atoms with Crippen molar-refractivity contribution < 1.29 is 0 Å². The molecule has 4 heteroatoms. The predicted octanol–water partition coefficient (Wildman–Crippen LogP) is 3.85. The van der Waals surface area contributed by atoms with E-state index in [1.807, 2.05) is 0 Å². The first-order chi connectivity index (χ1) is 7.72. The Labute approximate surface area is 109 Å². The molecule has 2 rings (SSSR count). The summed E-state index contributed by atoms with van der Waals surface area (Å²) < 4.78 is 1.17. The van der Waals surface area contributed by atoms with Crippen LogP contribution in [-0.4, -0.2) is 6.04 Å². The Balaban J connectivity index is 2.00. The minimum absolute atomic E-state index is 0.196. The zero-order valence-corrected chi connectivity index (χ0v) is 11.6. The van der Waals surface area contributed by atoms with Crippen LogP contribution in [0.3, 0.4) is 0 Å². The molecule has 0 aliphatic heterocycles. The molecule has 1 aliphatic carbocycles. The van der Waals surface area contributed by atoms with Crippen molar-refractivity contribution in [3.63, 3.8) is 0 Å². The molecule has 1 fully saturated rings. The molecule has 86 valence electrons. The van der Waals surface area contributed by atoms with Gasteiger partial charge in [0.05, 0.1) is 12.0 Å². The summed E-state index contributed by atoms with van der Waals surface area (Å²) in [6.07, 6.45) is 3.35. The summed E-state index contributed by atoms with van der Waals surface area (Å²) in [4.78, 5) is 1.32. The van der Waals surface area contributed by atoms with Gasteiger partial charge >= 0.3 is 0 Å². The molecule has 1 heterocycles. The molecule has 0 bridgehead atoms. The molecule has 3 unspecified atom stereocenters. The second-order valence-corrected chi connectivity index (χ2v) is 6.10. The highest BCUT2D eigenvalue weighted by atomic mass is 79.9. The molecule has 16 heavy (non-hydrogen) atoms. The molecular weight excluding hydrogens is 284 g/mol. The predicted molar refractivity (Wildman–Crippen MR) is 70.3 cm³/mol. The smallest absolute Gasteiger partial charge is 0.0672 e. The minimum Gasteiger partial charge on any atom is -0.305 e. The van der Waals surface area contributed by atoms with Gasteiger partial charge in [0.2, 0.25) is 0 Å². The lowest BCUT2D eigenvalue weighted by molar-refractivity contribution is 0.420. The Kier molecular flexibility index (Phi) is 4.01. The van der Waals surface area contributed by atoms with Crippen LogP contribution in [0.4, 0.5) is 0 Å². The fraction of sp³-hybridized carbons (Fsp3) is 0.583. The average molecular weight is 299 g/mol. The van der Waals surface area contributed by atoms with Crippen molar-refractivity contribution in [2.45, 2.75) is 38.3 Å². The number of thiophene rings is 1. The Morgan fingerprint density at radius 1 is 1.62 bits per heavy atom. The molecule has 0 saturated heterocycles. The Morgan fingerprint density at radius 2 is 2.44 bits per heavy atom. The summed E-state index contributed by atoms with van der Waals surface area (Å²) in [5.74, 6) is 0.196. The fourth-order valence-electron chi connectivity index (χ4n) is 2.33. The molecule has 1 N–H and O–H groups in total. The first kappa shape index (κ1) is 12.1. The topological polar surface area (TPSA) is 35.8 Å². The van der Waals surface area contributed by atoms with E-state index < -0.39 is 0 Å². The number of nitrogens with one attached hydrogen (secondary N) is 1. The highest BCUT2D eigenvalue weighted by molar-refractivity contribution is 9.10. The monoisotopic (exact) mass is 298 g/mol. The standard InChI is InChI=1S/C12H15BrN2S/c1-8(12-10(13)5-6-16-12)15-11-4-2-3-9(11)7-14/h5-6,8-9,11,15H,2-4H2,1H3. The molecule has 2 nitrogen and oxygen atoms in total. The fourth-order valence-corrected chi connectivity index (χ4v) is 4.06. The lowest BCUT2D eigenvalue weighted by atomic mass is 10.0. The zero-order chi connectivity index (χ0) is 11.5. The van der Waals surface area contributed by atoms with Gasteiger partial charge in [-0.15, -0.1) is 11.3 Å². The van der Waals surface area contributed by atoms with Crippen molar-refractivity contribution in [2.75, 3.05) is 0 Å². The van der Waals surface area contributed by atoms with E-state index in [-0.39, 0.29) is 5.92 Å². The summed E-state index contributed by atoms with van der Waals surface area (Å²) in [7, 11) is 0. The van der Waals surface area contributed by atoms with Gasteiger partial charge in [-0.25, -0.2) is 0 Å². The molecule has 1 aliphatic rings. The largest absolute Gasteiger partial charge is 0.305 e.